The first-order valence-corrected chi connectivity index (χ1v) is 7.43. The van der Waals surface area contributed by atoms with Crippen molar-refractivity contribution in [3.63, 3.8) is 0 Å². The van der Waals surface area contributed by atoms with E-state index in [0.29, 0.717) is 16.6 Å². The van der Waals surface area contributed by atoms with Gasteiger partial charge in [-0.1, -0.05) is 0 Å². The number of nitrogens with zero attached hydrogens (tertiary/aromatic N) is 3. The molecule has 1 aliphatic heterocycles. The van der Waals surface area contributed by atoms with Crippen molar-refractivity contribution in [2.75, 3.05) is 7.11 Å². The number of benzene rings is 1. The summed E-state index contributed by atoms with van der Waals surface area (Å²) in [5.41, 5.74) is 1.25. The van der Waals surface area contributed by atoms with Crippen LogP contribution in [0.5, 0.6) is 0 Å². The molecule has 1 aromatic heterocycles. The molecular formula is C15H20BN3O4. The largest absolute Gasteiger partial charge is 0.494 e. The standard InChI is InChI=1S/C15H20BN3O4/c1-14(2)15(3,4)23-16(22-14)9-7-10(13(20)21-6)12-11(8-9)17-19(5)18-12/h7-8H,1-6H3. The lowest BCUT2D eigenvalue weighted by Gasteiger charge is -2.32. The Bertz CT molecular complexity index is 768. The topological polar surface area (TPSA) is 75.5 Å². The molecule has 7 nitrogen and oxygen atoms in total. The van der Waals surface area contributed by atoms with E-state index in [1.54, 1.807) is 13.1 Å². The first kappa shape index (κ1) is 16.0. The van der Waals surface area contributed by atoms with E-state index in [4.69, 9.17) is 14.0 Å². The Morgan fingerprint density at radius 3 is 2.35 bits per heavy atom. The van der Waals surface area contributed by atoms with E-state index in [-0.39, 0.29) is 0 Å². The third kappa shape index (κ3) is 2.51. The lowest BCUT2D eigenvalue weighted by molar-refractivity contribution is 0.00578. The molecule has 1 fully saturated rings. The van der Waals surface area contributed by atoms with Gasteiger partial charge in [0.2, 0.25) is 0 Å². The minimum atomic E-state index is -0.574. The van der Waals surface area contributed by atoms with Crippen molar-refractivity contribution >= 4 is 29.6 Å². The van der Waals surface area contributed by atoms with Crippen molar-refractivity contribution in [2.45, 2.75) is 38.9 Å². The van der Waals surface area contributed by atoms with Gasteiger partial charge in [-0.05, 0) is 45.3 Å². The molecule has 0 atom stereocenters. The number of carbonyl (C=O) groups excluding carboxylic acids is 1. The van der Waals surface area contributed by atoms with Crippen LogP contribution in [0, 0.1) is 0 Å². The highest BCUT2D eigenvalue weighted by atomic mass is 16.7. The van der Waals surface area contributed by atoms with E-state index in [0.717, 1.165) is 5.46 Å². The number of hydrogen-bond donors (Lipinski definition) is 0. The zero-order valence-corrected chi connectivity index (χ0v) is 14.2. The van der Waals surface area contributed by atoms with Crippen molar-refractivity contribution < 1.29 is 18.8 Å². The van der Waals surface area contributed by atoms with Crippen LogP contribution in [0.4, 0.5) is 0 Å². The average molecular weight is 317 g/mol. The first-order chi connectivity index (χ1) is 10.6. The van der Waals surface area contributed by atoms with E-state index >= 15 is 0 Å². The summed E-state index contributed by atoms with van der Waals surface area (Å²) < 4.78 is 16.9. The summed E-state index contributed by atoms with van der Waals surface area (Å²) in [6.45, 7) is 7.92. The Balaban J connectivity index is 2.11. The number of methoxy groups -OCH3 is 1. The molecule has 0 radical (unpaired) electrons. The van der Waals surface area contributed by atoms with Crippen LogP contribution in [0.3, 0.4) is 0 Å². The van der Waals surface area contributed by atoms with Crippen molar-refractivity contribution in [3.8, 4) is 0 Å². The molecule has 3 rings (SSSR count). The molecule has 122 valence electrons. The van der Waals surface area contributed by atoms with E-state index in [1.165, 1.54) is 11.9 Å². The van der Waals surface area contributed by atoms with E-state index in [1.807, 2.05) is 33.8 Å². The molecule has 1 aliphatic rings. The SMILES string of the molecule is COC(=O)c1cc(B2OC(C)(C)C(C)(C)O2)cc2nn(C)nc12. The predicted molar refractivity (Wildman–Crippen MR) is 85.6 cm³/mol. The first-order valence-electron chi connectivity index (χ1n) is 7.43. The fourth-order valence-electron chi connectivity index (χ4n) is 2.53. The smallest absolute Gasteiger partial charge is 0.465 e. The van der Waals surface area contributed by atoms with Gasteiger partial charge in [0, 0.05) is 7.05 Å². The average Bonchev–Trinajstić information content (AvgIpc) is 2.93. The van der Waals surface area contributed by atoms with Gasteiger partial charge in [-0.15, -0.1) is 0 Å². The van der Waals surface area contributed by atoms with Crippen LogP contribution >= 0.6 is 0 Å². The lowest BCUT2D eigenvalue weighted by atomic mass is 9.78. The molecule has 2 heterocycles. The Labute approximate surface area is 135 Å². The Kier molecular flexibility index (Phi) is 3.49. The summed E-state index contributed by atoms with van der Waals surface area (Å²) in [5, 5.41) is 8.51. The van der Waals surface area contributed by atoms with Crippen molar-refractivity contribution in [3.05, 3.63) is 17.7 Å². The number of hydrogen-bond acceptors (Lipinski definition) is 6. The van der Waals surface area contributed by atoms with E-state index in [9.17, 15) is 4.79 Å². The van der Waals surface area contributed by atoms with Crippen LogP contribution in [0.15, 0.2) is 12.1 Å². The second kappa shape index (κ2) is 5.04. The highest BCUT2D eigenvalue weighted by Gasteiger charge is 2.52. The van der Waals surface area contributed by atoms with Crippen LogP contribution in [0.2, 0.25) is 0 Å². The Morgan fingerprint density at radius 1 is 1.17 bits per heavy atom. The van der Waals surface area contributed by atoms with Crippen molar-refractivity contribution in [1.29, 1.82) is 0 Å². The maximum Gasteiger partial charge on any atom is 0.494 e. The maximum atomic E-state index is 12.1. The Hall–Kier alpha value is -1.93. The molecule has 0 amide bonds. The number of fused-ring (bicyclic) bond motifs is 1. The Morgan fingerprint density at radius 2 is 1.78 bits per heavy atom. The summed E-state index contributed by atoms with van der Waals surface area (Å²) in [4.78, 5) is 13.5. The van der Waals surface area contributed by atoms with Gasteiger partial charge >= 0.3 is 13.1 Å². The quantitative estimate of drug-likeness (QED) is 0.609. The highest BCUT2D eigenvalue weighted by molar-refractivity contribution is 6.62. The molecule has 8 heteroatoms. The summed E-state index contributed by atoms with van der Waals surface area (Å²) >= 11 is 0. The second-order valence-electron chi connectivity index (χ2n) is 6.71. The van der Waals surface area contributed by atoms with Crippen LogP contribution in [0.25, 0.3) is 11.0 Å². The molecule has 0 spiro atoms. The number of aryl methyl sites for hydroxylation is 1. The molecule has 0 aliphatic carbocycles. The third-order valence-corrected chi connectivity index (χ3v) is 4.54. The molecule has 1 aromatic carbocycles. The molecule has 1 saturated heterocycles. The molecule has 0 saturated carbocycles. The molecular weight excluding hydrogens is 297 g/mol. The van der Waals surface area contributed by atoms with Crippen LogP contribution in [0.1, 0.15) is 38.1 Å². The van der Waals surface area contributed by atoms with Gasteiger partial charge in [0.05, 0.1) is 23.9 Å². The van der Waals surface area contributed by atoms with Gasteiger partial charge < -0.3 is 14.0 Å². The molecule has 23 heavy (non-hydrogen) atoms. The number of esters is 1. The van der Waals surface area contributed by atoms with E-state index < -0.39 is 24.3 Å². The van der Waals surface area contributed by atoms with Crippen LogP contribution in [-0.4, -0.2) is 46.4 Å². The van der Waals surface area contributed by atoms with Gasteiger partial charge in [0.25, 0.3) is 0 Å². The lowest BCUT2D eigenvalue weighted by Crippen LogP contribution is -2.41. The number of aromatic nitrogens is 3. The van der Waals surface area contributed by atoms with Crippen LogP contribution in [-0.2, 0) is 21.1 Å². The van der Waals surface area contributed by atoms with Crippen molar-refractivity contribution in [1.82, 2.24) is 15.0 Å². The summed E-state index contributed by atoms with van der Waals surface area (Å²) in [6, 6.07) is 3.53. The number of rotatable bonds is 2. The molecule has 0 bridgehead atoms. The summed E-state index contributed by atoms with van der Waals surface area (Å²) in [5.74, 6) is -0.464. The van der Waals surface area contributed by atoms with Gasteiger partial charge in [-0.2, -0.15) is 15.0 Å². The van der Waals surface area contributed by atoms with Crippen molar-refractivity contribution in [2.24, 2.45) is 7.05 Å². The zero-order valence-electron chi connectivity index (χ0n) is 14.2. The fourth-order valence-corrected chi connectivity index (χ4v) is 2.53. The molecule has 0 N–H and O–H groups in total. The summed E-state index contributed by atoms with van der Waals surface area (Å²) in [7, 11) is 2.47. The normalized spacial score (nSPS) is 19.3. The van der Waals surface area contributed by atoms with Gasteiger partial charge in [-0.3, -0.25) is 0 Å². The summed E-state index contributed by atoms with van der Waals surface area (Å²) in [6.07, 6.45) is 0. The fraction of sp³-hybridized carbons (Fsp3) is 0.533. The second-order valence-corrected chi connectivity index (χ2v) is 6.71. The molecule has 2 aromatic rings. The third-order valence-electron chi connectivity index (χ3n) is 4.54. The minimum Gasteiger partial charge on any atom is -0.465 e. The predicted octanol–water partition coefficient (Wildman–Crippen LogP) is 1.05. The zero-order chi connectivity index (χ0) is 17.0. The van der Waals surface area contributed by atoms with Crippen LogP contribution < -0.4 is 5.46 Å². The maximum absolute atomic E-state index is 12.1. The van der Waals surface area contributed by atoms with Gasteiger partial charge in [0.15, 0.2) is 0 Å². The highest BCUT2D eigenvalue weighted by Crippen LogP contribution is 2.36. The molecule has 0 unspecified atom stereocenters. The van der Waals surface area contributed by atoms with Gasteiger partial charge in [-0.25, -0.2) is 4.79 Å². The number of ether oxygens (including phenoxy) is 1. The monoisotopic (exact) mass is 317 g/mol. The van der Waals surface area contributed by atoms with Gasteiger partial charge in [0.1, 0.15) is 11.0 Å². The minimum absolute atomic E-state index is 0.350. The van der Waals surface area contributed by atoms with E-state index in [2.05, 4.69) is 10.2 Å². The number of carbonyl (C=O) groups is 1.